The second-order valence-corrected chi connectivity index (χ2v) is 4.25. The minimum absolute atomic E-state index is 0.0502. The summed E-state index contributed by atoms with van der Waals surface area (Å²) in [5.41, 5.74) is 0.911. The summed E-state index contributed by atoms with van der Waals surface area (Å²) in [5.74, 6) is 0. The maximum atomic E-state index is 11.8. The molecule has 0 fully saturated rings. The number of hydrogen-bond donors (Lipinski definition) is 2. The van der Waals surface area contributed by atoms with Crippen molar-refractivity contribution in [3.63, 3.8) is 0 Å². The molecule has 0 amide bonds. The molecule has 1 aromatic heterocycles. The first-order valence-electron chi connectivity index (χ1n) is 5.95. The van der Waals surface area contributed by atoms with Crippen molar-refractivity contribution >= 4 is 16.7 Å². The van der Waals surface area contributed by atoms with Gasteiger partial charge in [-0.05, 0) is 19.1 Å². The van der Waals surface area contributed by atoms with Gasteiger partial charge in [-0.25, -0.2) is 4.79 Å². The van der Waals surface area contributed by atoms with Crippen LogP contribution < -0.4 is 5.63 Å². The Bertz CT molecular complexity index is 660. The van der Waals surface area contributed by atoms with Crippen molar-refractivity contribution in [3.8, 4) is 0 Å². The van der Waals surface area contributed by atoms with Crippen molar-refractivity contribution < 1.29 is 14.6 Å². The average Bonchev–Trinajstić information content (AvgIpc) is 2.43. The Morgan fingerprint density at radius 3 is 2.89 bits per heavy atom. The molecule has 1 aromatic carbocycles. The van der Waals surface area contributed by atoms with E-state index in [0.29, 0.717) is 16.9 Å². The molecule has 1 atom stereocenters. The van der Waals surface area contributed by atoms with Gasteiger partial charge >= 0.3 is 5.63 Å². The Balaban J connectivity index is 2.39. The molecule has 0 aliphatic rings. The summed E-state index contributed by atoms with van der Waals surface area (Å²) in [6.45, 7) is 1.36. The number of hydrogen-bond acceptors (Lipinski definition) is 5. The molecule has 19 heavy (non-hydrogen) atoms. The highest BCUT2D eigenvalue weighted by atomic mass is 16.4. The molecule has 1 heterocycles. The number of para-hydroxylation sites is 1. The number of benzene rings is 1. The lowest BCUT2D eigenvalue weighted by atomic mass is 10.1. The molecule has 2 aromatic rings. The fourth-order valence-electron chi connectivity index (χ4n) is 1.70. The summed E-state index contributed by atoms with van der Waals surface area (Å²) in [6.07, 6.45) is -0.914. The van der Waals surface area contributed by atoms with Gasteiger partial charge in [0.2, 0.25) is 0 Å². The number of aliphatic imine (C=N–C) groups is 1. The van der Waals surface area contributed by atoms with Gasteiger partial charge in [-0.1, -0.05) is 18.2 Å². The third-order valence-corrected chi connectivity index (χ3v) is 2.78. The Hall–Kier alpha value is -1.98. The van der Waals surface area contributed by atoms with E-state index in [2.05, 4.69) is 4.99 Å². The molecule has 1 unspecified atom stereocenters. The lowest BCUT2D eigenvalue weighted by Crippen LogP contribution is -2.18. The van der Waals surface area contributed by atoms with Gasteiger partial charge in [0.25, 0.3) is 0 Å². The van der Waals surface area contributed by atoms with Crippen LogP contribution in [0.15, 0.2) is 44.5 Å². The van der Waals surface area contributed by atoms with Crippen molar-refractivity contribution in [1.29, 1.82) is 0 Å². The molecule has 0 saturated carbocycles. The van der Waals surface area contributed by atoms with Crippen LogP contribution in [-0.2, 0) is 0 Å². The summed E-state index contributed by atoms with van der Waals surface area (Å²) < 4.78 is 5.20. The van der Waals surface area contributed by atoms with Crippen molar-refractivity contribution in [2.45, 2.75) is 13.0 Å². The molecule has 0 aliphatic carbocycles. The van der Waals surface area contributed by atoms with Crippen molar-refractivity contribution in [2.75, 3.05) is 13.2 Å². The zero-order chi connectivity index (χ0) is 13.8. The Morgan fingerprint density at radius 1 is 1.42 bits per heavy atom. The van der Waals surface area contributed by atoms with Crippen LogP contribution in [-0.4, -0.2) is 35.2 Å². The lowest BCUT2D eigenvalue weighted by Gasteiger charge is -2.05. The number of aliphatic hydroxyl groups is 2. The van der Waals surface area contributed by atoms with E-state index in [4.69, 9.17) is 9.52 Å². The van der Waals surface area contributed by atoms with Crippen LogP contribution in [0, 0.1) is 0 Å². The van der Waals surface area contributed by atoms with Crippen LogP contribution in [0.5, 0.6) is 0 Å². The standard InChI is InChI=1S/C14H15NO4/c1-9(15-7-11(17)8-16)12-6-10-4-2-3-5-13(10)19-14(12)18/h2-6,11,16-17H,7-8H2,1H3. The highest BCUT2D eigenvalue weighted by molar-refractivity contribution is 6.00. The number of rotatable bonds is 4. The second kappa shape index (κ2) is 5.77. The van der Waals surface area contributed by atoms with Crippen LogP contribution in [0.25, 0.3) is 11.0 Å². The number of aliphatic hydroxyl groups excluding tert-OH is 2. The number of nitrogens with zero attached hydrogens (tertiary/aromatic N) is 1. The van der Waals surface area contributed by atoms with E-state index in [1.54, 1.807) is 25.1 Å². The lowest BCUT2D eigenvalue weighted by molar-refractivity contribution is 0.102. The summed E-state index contributed by atoms with van der Waals surface area (Å²) in [5, 5.41) is 18.8. The predicted molar refractivity (Wildman–Crippen MR) is 72.7 cm³/mol. The zero-order valence-corrected chi connectivity index (χ0v) is 10.5. The minimum atomic E-state index is -0.914. The highest BCUT2D eigenvalue weighted by Crippen LogP contribution is 2.13. The van der Waals surface area contributed by atoms with Crippen molar-refractivity contribution in [2.24, 2.45) is 4.99 Å². The fraction of sp³-hybridized carbons (Fsp3) is 0.286. The van der Waals surface area contributed by atoms with Gasteiger partial charge < -0.3 is 14.6 Å². The fourth-order valence-corrected chi connectivity index (χ4v) is 1.70. The molecular formula is C14H15NO4. The van der Waals surface area contributed by atoms with Gasteiger partial charge in [0, 0.05) is 11.1 Å². The van der Waals surface area contributed by atoms with Gasteiger partial charge in [-0.3, -0.25) is 4.99 Å². The normalized spacial score (nSPS) is 13.7. The minimum Gasteiger partial charge on any atom is -0.422 e. The van der Waals surface area contributed by atoms with E-state index in [-0.39, 0.29) is 13.2 Å². The topological polar surface area (TPSA) is 83.0 Å². The van der Waals surface area contributed by atoms with E-state index in [1.165, 1.54) is 0 Å². The molecule has 2 rings (SSSR count). The maximum Gasteiger partial charge on any atom is 0.345 e. The van der Waals surface area contributed by atoms with Gasteiger partial charge in [-0.2, -0.15) is 0 Å². The maximum absolute atomic E-state index is 11.8. The Morgan fingerprint density at radius 2 is 2.16 bits per heavy atom. The van der Waals surface area contributed by atoms with E-state index in [0.717, 1.165) is 5.39 Å². The first-order valence-corrected chi connectivity index (χ1v) is 5.95. The van der Waals surface area contributed by atoms with Crippen LogP contribution in [0.2, 0.25) is 0 Å². The van der Waals surface area contributed by atoms with Crippen molar-refractivity contribution in [3.05, 3.63) is 46.3 Å². The number of fused-ring (bicyclic) bond motifs is 1. The monoisotopic (exact) mass is 261 g/mol. The van der Waals surface area contributed by atoms with Gasteiger partial charge in [0.15, 0.2) is 0 Å². The highest BCUT2D eigenvalue weighted by Gasteiger charge is 2.08. The zero-order valence-electron chi connectivity index (χ0n) is 10.5. The first kappa shape index (κ1) is 13.5. The summed E-state index contributed by atoms with van der Waals surface area (Å²) >= 11 is 0. The predicted octanol–water partition coefficient (Wildman–Crippen LogP) is 0.955. The van der Waals surface area contributed by atoms with Crippen molar-refractivity contribution in [1.82, 2.24) is 0 Å². The quantitative estimate of drug-likeness (QED) is 0.634. The summed E-state index contributed by atoms with van der Waals surface area (Å²) in [6, 6.07) is 8.93. The van der Waals surface area contributed by atoms with E-state index in [1.807, 2.05) is 12.1 Å². The molecule has 2 N–H and O–H groups in total. The molecular weight excluding hydrogens is 246 g/mol. The molecule has 100 valence electrons. The van der Waals surface area contributed by atoms with E-state index in [9.17, 15) is 9.90 Å². The Labute approximate surface area is 109 Å². The molecule has 5 heteroatoms. The molecule has 0 spiro atoms. The molecule has 0 saturated heterocycles. The second-order valence-electron chi connectivity index (χ2n) is 4.25. The molecule has 5 nitrogen and oxygen atoms in total. The largest absolute Gasteiger partial charge is 0.422 e. The summed E-state index contributed by atoms with van der Waals surface area (Å²) in [4.78, 5) is 15.9. The molecule has 0 radical (unpaired) electrons. The van der Waals surface area contributed by atoms with E-state index < -0.39 is 11.7 Å². The third-order valence-electron chi connectivity index (χ3n) is 2.78. The molecule has 0 aliphatic heterocycles. The Kier molecular flexibility index (Phi) is 4.09. The summed E-state index contributed by atoms with van der Waals surface area (Å²) in [7, 11) is 0. The average molecular weight is 261 g/mol. The SMILES string of the molecule is CC(=NCC(O)CO)c1cc2ccccc2oc1=O. The first-order chi connectivity index (χ1) is 9.11. The molecule has 0 bridgehead atoms. The smallest absolute Gasteiger partial charge is 0.345 e. The van der Waals surface area contributed by atoms with Gasteiger partial charge in [-0.15, -0.1) is 0 Å². The van der Waals surface area contributed by atoms with Crippen LogP contribution in [0.1, 0.15) is 12.5 Å². The van der Waals surface area contributed by atoms with Crippen LogP contribution >= 0.6 is 0 Å². The van der Waals surface area contributed by atoms with Crippen LogP contribution in [0.4, 0.5) is 0 Å². The van der Waals surface area contributed by atoms with E-state index >= 15 is 0 Å². The third kappa shape index (κ3) is 3.07. The van der Waals surface area contributed by atoms with Gasteiger partial charge in [0.05, 0.1) is 24.8 Å². The van der Waals surface area contributed by atoms with Crippen LogP contribution in [0.3, 0.4) is 0 Å². The van der Waals surface area contributed by atoms with Gasteiger partial charge in [0.1, 0.15) is 5.58 Å².